The molecule has 0 bridgehead atoms. The van der Waals surface area contributed by atoms with Gasteiger partial charge in [-0.3, -0.25) is 4.18 Å². The minimum atomic E-state index is -3.45. The molecule has 0 aliphatic heterocycles. The molecule has 1 saturated carbocycles. The van der Waals surface area contributed by atoms with Crippen LogP contribution in [-0.2, 0) is 30.9 Å². The van der Waals surface area contributed by atoms with Crippen molar-refractivity contribution in [3.05, 3.63) is 42.4 Å². The molecule has 4 rings (SSSR count). The summed E-state index contributed by atoms with van der Waals surface area (Å²) in [6.45, 7) is 0.357. The van der Waals surface area contributed by atoms with Crippen LogP contribution in [0.25, 0.3) is 22.2 Å². The second kappa shape index (κ2) is 8.43. The molecule has 12 heteroatoms. The van der Waals surface area contributed by atoms with E-state index in [1.54, 1.807) is 0 Å². The summed E-state index contributed by atoms with van der Waals surface area (Å²) in [5, 5.41) is 0.733. The van der Waals surface area contributed by atoms with Crippen molar-refractivity contribution in [3.8, 4) is 11.1 Å². The molecule has 1 aliphatic carbocycles. The van der Waals surface area contributed by atoms with Gasteiger partial charge in [-0.25, -0.2) is 23.1 Å². The Balaban J connectivity index is 1.63. The summed E-state index contributed by atoms with van der Waals surface area (Å²) in [5.74, 6) is 0.514. The second-order valence-corrected chi connectivity index (χ2v) is 11.7. The van der Waals surface area contributed by atoms with E-state index in [0.29, 0.717) is 11.5 Å². The van der Waals surface area contributed by atoms with Crippen LogP contribution >= 0.6 is 0 Å². The van der Waals surface area contributed by atoms with E-state index < -0.39 is 20.1 Å². The van der Waals surface area contributed by atoms with Crippen molar-refractivity contribution in [3.63, 3.8) is 0 Å². The first-order valence-electron chi connectivity index (χ1n) is 9.99. The average Bonchev–Trinajstić information content (AvgIpc) is 3.05. The molecule has 172 valence electrons. The van der Waals surface area contributed by atoms with Crippen molar-refractivity contribution >= 4 is 37.0 Å². The van der Waals surface area contributed by atoms with Crippen LogP contribution in [0.3, 0.4) is 0 Å². The van der Waals surface area contributed by atoms with E-state index >= 15 is 0 Å². The van der Waals surface area contributed by atoms with Crippen LogP contribution < -0.4 is 10.5 Å². The first kappa shape index (κ1) is 22.6. The molecule has 0 amide bonds. The number of rotatable bonds is 8. The normalized spacial score (nSPS) is 19.2. The van der Waals surface area contributed by atoms with Crippen LogP contribution in [0.5, 0.6) is 0 Å². The summed E-state index contributed by atoms with van der Waals surface area (Å²) in [6, 6.07) is 7.69. The van der Waals surface area contributed by atoms with E-state index in [9.17, 15) is 16.8 Å². The first-order valence-corrected chi connectivity index (χ1v) is 13.7. The van der Waals surface area contributed by atoms with Crippen LogP contribution in [0.15, 0.2) is 36.8 Å². The highest BCUT2D eigenvalue weighted by atomic mass is 32.2. The van der Waals surface area contributed by atoms with E-state index in [1.807, 2.05) is 30.5 Å². The molecule has 1 aromatic carbocycles. The lowest BCUT2D eigenvalue weighted by Crippen LogP contribution is -2.30. The molecule has 10 nitrogen and oxygen atoms in total. The van der Waals surface area contributed by atoms with Crippen LogP contribution in [0.2, 0.25) is 0 Å². The Morgan fingerprint density at radius 3 is 2.62 bits per heavy atom. The fourth-order valence-electron chi connectivity index (χ4n) is 3.95. The van der Waals surface area contributed by atoms with E-state index in [0.717, 1.165) is 47.4 Å². The Hall–Kier alpha value is -2.54. The van der Waals surface area contributed by atoms with Crippen molar-refractivity contribution in [1.82, 2.24) is 19.3 Å². The fraction of sp³-hybridized carbons (Fsp3) is 0.400. The maximum Gasteiger partial charge on any atom is 0.264 e. The largest absolute Gasteiger partial charge is 0.383 e. The summed E-state index contributed by atoms with van der Waals surface area (Å²) < 4.78 is 54.8. The van der Waals surface area contributed by atoms with Crippen molar-refractivity contribution in [2.24, 2.45) is 5.92 Å². The Morgan fingerprint density at radius 2 is 1.94 bits per heavy atom. The smallest absolute Gasteiger partial charge is 0.264 e. The predicted octanol–water partition coefficient (Wildman–Crippen LogP) is 1.66. The molecule has 3 N–H and O–H groups in total. The summed E-state index contributed by atoms with van der Waals surface area (Å²) in [4.78, 5) is 8.59. The minimum Gasteiger partial charge on any atom is -0.383 e. The number of nitrogens with two attached hydrogens (primary N) is 1. The quantitative estimate of drug-likeness (QED) is 0.464. The molecule has 32 heavy (non-hydrogen) atoms. The number of hydrogen-bond acceptors (Lipinski definition) is 8. The zero-order valence-corrected chi connectivity index (χ0v) is 19.4. The third kappa shape index (κ3) is 5.09. The lowest BCUT2D eigenvalue weighted by molar-refractivity contribution is 0.131. The number of nitrogens with zero attached hydrogens (tertiary/aromatic N) is 3. The molecule has 0 unspecified atom stereocenters. The first-order chi connectivity index (χ1) is 15.0. The van der Waals surface area contributed by atoms with Gasteiger partial charge in [-0.2, -0.15) is 8.42 Å². The van der Waals surface area contributed by atoms with Gasteiger partial charge in [0.2, 0.25) is 10.0 Å². The Kier molecular flexibility index (Phi) is 5.96. The molecule has 2 heterocycles. The van der Waals surface area contributed by atoms with Crippen molar-refractivity contribution < 1.29 is 21.0 Å². The fourth-order valence-corrected chi connectivity index (χ4v) is 4.82. The number of hydrogen-bond donors (Lipinski definition) is 2. The highest BCUT2D eigenvalue weighted by Crippen LogP contribution is 2.43. The van der Waals surface area contributed by atoms with Gasteiger partial charge in [-0.05, 0) is 36.0 Å². The zero-order valence-electron chi connectivity index (χ0n) is 17.7. The minimum absolute atomic E-state index is 0.142. The van der Waals surface area contributed by atoms with Crippen LogP contribution in [0.1, 0.15) is 24.4 Å². The number of sulfonamides is 1. The topological polar surface area (TPSA) is 146 Å². The van der Waals surface area contributed by atoms with Gasteiger partial charge in [0.05, 0.1) is 24.5 Å². The van der Waals surface area contributed by atoms with Gasteiger partial charge >= 0.3 is 0 Å². The van der Waals surface area contributed by atoms with Gasteiger partial charge < -0.3 is 10.3 Å². The number of aromatic nitrogens is 3. The van der Waals surface area contributed by atoms with E-state index in [-0.39, 0.29) is 25.1 Å². The van der Waals surface area contributed by atoms with Gasteiger partial charge in [0.15, 0.2) is 0 Å². The number of nitrogen functional groups attached to an aromatic ring is 1. The van der Waals surface area contributed by atoms with Gasteiger partial charge in [-0.15, -0.1) is 0 Å². The average molecular weight is 480 g/mol. The predicted molar refractivity (Wildman–Crippen MR) is 122 cm³/mol. The molecule has 3 aromatic rings. The second-order valence-electron chi connectivity index (χ2n) is 8.18. The number of nitrogens with one attached hydrogen (secondary N) is 1. The molecular weight excluding hydrogens is 454 g/mol. The summed E-state index contributed by atoms with van der Waals surface area (Å²) >= 11 is 0. The van der Waals surface area contributed by atoms with E-state index in [2.05, 4.69) is 19.3 Å². The SMILES string of the molecule is CS(=O)(=O)NCc1cccc(-c2cn([C@H]3C[C@@H](COS(C)(=O)=O)C3)c3ncnc(N)c23)c1. The number of anilines is 1. The lowest BCUT2D eigenvalue weighted by atomic mass is 9.81. The molecule has 1 fully saturated rings. The highest BCUT2D eigenvalue weighted by molar-refractivity contribution is 7.88. The van der Waals surface area contributed by atoms with E-state index in [4.69, 9.17) is 9.92 Å². The van der Waals surface area contributed by atoms with Gasteiger partial charge in [-0.1, -0.05) is 18.2 Å². The monoisotopic (exact) mass is 479 g/mol. The molecule has 1 aliphatic rings. The lowest BCUT2D eigenvalue weighted by Gasteiger charge is -2.36. The Labute approximate surface area is 187 Å². The molecule has 2 aromatic heterocycles. The van der Waals surface area contributed by atoms with Crippen molar-refractivity contribution in [2.45, 2.75) is 25.4 Å². The molecule has 0 saturated heterocycles. The van der Waals surface area contributed by atoms with Crippen LogP contribution in [0.4, 0.5) is 5.82 Å². The molecular formula is C20H25N5O5S2. The third-order valence-electron chi connectivity index (χ3n) is 5.54. The van der Waals surface area contributed by atoms with Crippen molar-refractivity contribution in [2.75, 3.05) is 24.9 Å². The molecule has 0 spiro atoms. The number of fused-ring (bicyclic) bond motifs is 1. The maximum absolute atomic E-state index is 11.4. The van der Waals surface area contributed by atoms with Gasteiger partial charge in [0.25, 0.3) is 10.1 Å². The summed E-state index contributed by atoms with van der Waals surface area (Å²) in [6.07, 6.45) is 7.11. The Morgan fingerprint density at radius 1 is 1.19 bits per heavy atom. The summed E-state index contributed by atoms with van der Waals surface area (Å²) in [5.41, 5.74) is 9.45. The molecule has 0 atom stereocenters. The standard InChI is InChI=1S/C20H25N5O5S2/c1-31(26,27)24-9-13-4-3-5-15(6-13)17-10-25(20-18(17)19(21)22-12-23-20)16-7-14(8-16)11-30-32(2,28)29/h3-6,10,12,14,16,24H,7-9,11H2,1-2H3,(H2,21,22,23)/t14-,16+. The highest BCUT2D eigenvalue weighted by Gasteiger charge is 2.33. The van der Waals surface area contributed by atoms with Crippen LogP contribution in [0, 0.1) is 5.92 Å². The van der Waals surface area contributed by atoms with Crippen molar-refractivity contribution in [1.29, 1.82) is 0 Å². The third-order valence-corrected chi connectivity index (χ3v) is 6.77. The van der Waals surface area contributed by atoms with Gasteiger partial charge in [0.1, 0.15) is 17.8 Å². The maximum atomic E-state index is 11.4. The number of benzene rings is 1. The van der Waals surface area contributed by atoms with Gasteiger partial charge in [0, 0.05) is 24.3 Å². The Bertz CT molecular complexity index is 1360. The van der Waals surface area contributed by atoms with Crippen LogP contribution in [-0.4, -0.2) is 50.5 Å². The summed E-state index contributed by atoms with van der Waals surface area (Å²) in [7, 11) is -6.76. The molecule has 0 radical (unpaired) electrons. The van der Waals surface area contributed by atoms with E-state index in [1.165, 1.54) is 6.33 Å². The zero-order chi connectivity index (χ0) is 23.1.